The van der Waals surface area contributed by atoms with E-state index in [0.717, 1.165) is 6.92 Å². The first-order chi connectivity index (χ1) is 13.1. The van der Waals surface area contributed by atoms with Crippen molar-refractivity contribution in [2.24, 2.45) is 11.5 Å². The van der Waals surface area contributed by atoms with Crippen molar-refractivity contribution in [1.82, 2.24) is 25.6 Å². The Hall–Kier alpha value is -2.62. The van der Waals surface area contributed by atoms with E-state index in [0.29, 0.717) is 23.1 Å². The Labute approximate surface area is 197 Å². The molecular formula is C14H22ClN8NaO6. The fraction of sp³-hybridized carbons (Fsp3) is 0.214. The Kier molecular flexibility index (Phi) is 18.4. The number of carboxylic acid groups (broad SMARTS) is 1. The number of aromatic amines is 2. The number of nitrogens with one attached hydrogen (secondary N) is 4. The smallest absolute Gasteiger partial charge is 0.550 e. The zero-order valence-corrected chi connectivity index (χ0v) is 18.9. The van der Waals surface area contributed by atoms with Gasteiger partial charge in [-0.15, -0.1) is 11.6 Å². The number of aromatic nitrogens is 3. The van der Waals surface area contributed by atoms with Crippen molar-refractivity contribution in [1.29, 1.82) is 0 Å². The van der Waals surface area contributed by atoms with Gasteiger partial charge in [0.05, 0.1) is 11.3 Å². The van der Waals surface area contributed by atoms with Crippen LogP contribution in [0.2, 0.25) is 0 Å². The first kappa shape index (κ1) is 32.1. The number of hydrogen-bond acceptors (Lipinski definition) is 10. The third-order valence-corrected chi connectivity index (χ3v) is 2.54. The molecule has 162 valence electrons. The van der Waals surface area contributed by atoms with Gasteiger partial charge in [0.2, 0.25) is 11.9 Å². The summed E-state index contributed by atoms with van der Waals surface area (Å²) >= 11 is 4.82. The number of hydrogen-bond donors (Lipinski definition) is 7. The van der Waals surface area contributed by atoms with Crippen LogP contribution < -0.4 is 68.1 Å². The molecule has 1 aliphatic rings. The first-order valence-corrected chi connectivity index (χ1v) is 7.94. The predicted molar refractivity (Wildman–Crippen MR) is 104 cm³/mol. The molecule has 0 aromatic carbocycles. The Morgan fingerprint density at radius 2 is 1.87 bits per heavy atom. The molecule has 0 spiro atoms. The average molecular weight is 457 g/mol. The van der Waals surface area contributed by atoms with Crippen LogP contribution in [0.4, 0.5) is 5.95 Å². The van der Waals surface area contributed by atoms with Crippen molar-refractivity contribution >= 4 is 46.7 Å². The fourth-order valence-corrected chi connectivity index (χ4v) is 1.56. The molecule has 0 saturated heterocycles. The summed E-state index contributed by atoms with van der Waals surface area (Å²) in [4.78, 5) is 48.5. The number of aliphatic carboxylic acids is 1. The Bertz CT molecular complexity index is 883. The minimum atomic E-state index is -1.08. The molecule has 2 aromatic heterocycles. The van der Waals surface area contributed by atoms with Crippen molar-refractivity contribution in [2.45, 2.75) is 13.2 Å². The summed E-state index contributed by atoms with van der Waals surface area (Å²) in [7, 11) is 0. The maximum absolute atomic E-state index is 11.1. The zero-order valence-electron chi connectivity index (χ0n) is 16.2. The number of nitrogens with two attached hydrogens (primary N) is 3. The molecule has 0 aliphatic carbocycles. The van der Waals surface area contributed by atoms with Gasteiger partial charge < -0.3 is 47.3 Å². The van der Waals surface area contributed by atoms with E-state index in [9.17, 15) is 9.59 Å². The number of carbonyl (C=O) groups is 3. The molecule has 1 atom stereocenters. The Morgan fingerprint density at radius 1 is 1.33 bits per heavy atom. The van der Waals surface area contributed by atoms with Crippen LogP contribution in [-0.4, -0.2) is 50.8 Å². The van der Waals surface area contributed by atoms with Gasteiger partial charge >= 0.3 is 29.6 Å². The van der Waals surface area contributed by atoms with Gasteiger partial charge in [-0.1, -0.05) is 0 Å². The maximum atomic E-state index is 11.1. The number of carbonyl (C=O) groups excluding carboxylic acids is 3. The molecule has 1 amide bonds. The molecule has 14 nitrogen and oxygen atoms in total. The number of anilines is 1. The summed E-state index contributed by atoms with van der Waals surface area (Å²) in [5, 5.41) is 14.4. The van der Waals surface area contributed by atoms with E-state index in [1.54, 1.807) is 12.3 Å². The van der Waals surface area contributed by atoms with E-state index in [1.165, 1.54) is 6.08 Å². The zero-order chi connectivity index (χ0) is 21.7. The number of halogens is 1. The largest absolute Gasteiger partial charge is 1.00 e. The topological polar surface area (TPSA) is 269 Å². The van der Waals surface area contributed by atoms with Crippen LogP contribution in [0.15, 0.2) is 29.0 Å². The van der Waals surface area contributed by atoms with Crippen molar-refractivity contribution < 1.29 is 54.5 Å². The Balaban J connectivity index is -0.000000349. The summed E-state index contributed by atoms with van der Waals surface area (Å²) < 4.78 is 0. The first-order valence-electron chi connectivity index (χ1n) is 7.40. The number of alkyl halides is 1. The summed E-state index contributed by atoms with van der Waals surface area (Å²) in [5.41, 5.74) is 16.1. The molecule has 0 bridgehead atoms. The molecule has 0 radical (unpaired) electrons. The minimum absolute atomic E-state index is 0. The second-order valence-electron chi connectivity index (χ2n) is 4.73. The molecule has 2 aromatic rings. The van der Waals surface area contributed by atoms with Gasteiger partial charge in [0.1, 0.15) is 17.8 Å². The number of H-pyrrole nitrogens is 2. The number of carboxylic acids is 1. The van der Waals surface area contributed by atoms with Crippen molar-refractivity contribution in [3.8, 4) is 0 Å². The van der Waals surface area contributed by atoms with Gasteiger partial charge in [-0.05, 0) is 13.0 Å². The SMILES string of the molecule is CC(=O)[O-].NC1=CC(=O)NC(N)N1.Nc1nc2[nH]ccc2c(=O)[nH]1.O.O=CCCl.[Na+]. The molecule has 30 heavy (non-hydrogen) atoms. The summed E-state index contributed by atoms with van der Waals surface area (Å²) in [6.07, 6.45) is 2.97. The maximum Gasteiger partial charge on any atom is 1.00 e. The van der Waals surface area contributed by atoms with Crippen LogP contribution in [0.1, 0.15) is 6.92 Å². The third-order valence-electron chi connectivity index (χ3n) is 2.41. The molecule has 12 N–H and O–H groups in total. The summed E-state index contributed by atoms with van der Waals surface area (Å²) in [6.45, 7) is 0.972. The van der Waals surface area contributed by atoms with Crippen LogP contribution in [-0.2, 0) is 14.4 Å². The molecule has 0 fully saturated rings. The van der Waals surface area contributed by atoms with Gasteiger partial charge in [0.25, 0.3) is 5.56 Å². The average Bonchev–Trinajstić information content (AvgIpc) is 3.02. The van der Waals surface area contributed by atoms with E-state index >= 15 is 0 Å². The normalized spacial score (nSPS) is 13.4. The van der Waals surface area contributed by atoms with E-state index < -0.39 is 12.3 Å². The fourth-order valence-electron chi connectivity index (χ4n) is 1.56. The number of fused-ring (bicyclic) bond motifs is 1. The van der Waals surface area contributed by atoms with Gasteiger partial charge in [-0.2, -0.15) is 4.98 Å². The molecule has 3 rings (SSSR count). The van der Waals surface area contributed by atoms with Gasteiger partial charge in [0.15, 0.2) is 6.29 Å². The van der Waals surface area contributed by atoms with Gasteiger partial charge in [-0.3, -0.25) is 20.3 Å². The van der Waals surface area contributed by atoms with E-state index in [4.69, 9.17) is 43.5 Å². The third kappa shape index (κ3) is 14.4. The number of rotatable bonds is 1. The summed E-state index contributed by atoms with van der Waals surface area (Å²) in [5.74, 6) is -0.810. The van der Waals surface area contributed by atoms with E-state index in [1.807, 2.05) is 0 Å². The molecule has 1 aliphatic heterocycles. The molecule has 1 unspecified atom stereocenters. The van der Waals surface area contributed by atoms with Crippen molar-refractivity contribution in [3.63, 3.8) is 0 Å². The van der Waals surface area contributed by atoms with Crippen molar-refractivity contribution in [3.05, 3.63) is 34.5 Å². The predicted octanol–water partition coefficient (Wildman–Crippen LogP) is -7.06. The van der Waals surface area contributed by atoms with Gasteiger partial charge in [-0.25, -0.2) is 0 Å². The quantitative estimate of drug-likeness (QED) is 0.121. The van der Waals surface area contributed by atoms with Crippen LogP contribution >= 0.6 is 11.6 Å². The summed E-state index contributed by atoms with van der Waals surface area (Å²) in [6, 6.07) is 1.65. The van der Waals surface area contributed by atoms with Crippen LogP contribution in [0.25, 0.3) is 11.0 Å². The van der Waals surface area contributed by atoms with Crippen LogP contribution in [0, 0.1) is 0 Å². The second kappa shape index (κ2) is 17.3. The number of nitrogen functional groups attached to an aromatic ring is 1. The van der Waals surface area contributed by atoms with E-state index in [-0.39, 0.29) is 58.3 Å². The molecule has 16 heteroatoms. The monoisotopic (exact) mass is 456 g/mol. The molecular weight excluding hydrogens is 435 g/mol. The van der Waals surface area contributed by atoms with Crippen molar-refractivity contribution in [2.75, 3.05) is 11.6 Å². The minimum Gasteiger partial charge on any atom is -0.550 e. The molecule has 3 heterocycles. The number of aldehydes is 1. The number of amides is 1. The van der Waals surface area contributed by atoms with Crippen LogP contribution in [0.5, 0.6) is 0 Å². The Morgan fingerprint density at radius 3 is 2.30 bits per heavy atom. The number of nitrogens with zero attached hydrogens (tertiary/aromatic N) is 1. The van der Waals surface area contributed by atoms with E-state index in [2.05, 4.69) is 25.6 Å². The second-order valence-corrected chi connectivity index (χ2v) is 5.04. The van der Waals surface area contributed by atoms with Crippen LogP contribution in [0.3, 0.4) is 0 Å². The standard InChI is InChI=1S/C6H6N4O.C4H8N4O.C2H3ClO.C2H4O2.Na.H2O/c7-6-9-4-3(1-2-8-4)5(11)10-6;5-2-1-3(9)8-4(6)7-2;3-1-2-4;1-2(3)4;;/h1-2H,(H4,7,8,9,10,11);1,4,7H,5-6H2,(H,8,9);2H,1H2;1H3,(H,3,4);;1H2/q;;;;+1;/p-1. The van der Waals surface area contributed by atoms with Gasteiger partial charge in [0, 0.05) is 18.2 Å². The molecule has 0 saturated carbocycles.